The first-order valence-corrected chi connectivity index (χ1v) is 7.79. The molecule has 2 heterocycles. The third-order valence-electron chi connectivity index (χ3n) is 4.17. The number of H-pyrrole nitrogens is 1. The summed E-state index contributed by atoms with van der Waals surface area (Å²) in [7, 11) is 0. The van der Waals surface area contributed by atoms with Crippen LogP contribution in [0.25, 0.3) is 0 Å². The smallest absolute Gasteiger partial charge is 0.254 e. The predicted octanol–water partition coefficient (Wildman–Crippen LogP) is 1.86. The minimum Gasteiger partial charge on any atom is -0.508 e. The largest absolute Gasteiger partial charge is 0.508 e. The van der Waals surface area contributed by atoms with Crippen molar-refractivity contribution >= 4 is 0 Å². The highest BCUT2D eigenvalue weighted by molar-refractivity contribution is 5.38. The van der Waals surface area contributed by atoms with Crippen LogP contribution in [0.5, 0.6) is 11.5 Å². The number of rotatable bonds is 3. The zero-order chi connectivity index (χ0) is 16.6. The van der Waals surface area contributed by atoms with E-state index in [4.69, 9.17) is 0 Å². The molecule has 0 unspecified atom stereocenters. The molecule has 0 radical (unpaired) electrons. The van der Waals surface area contributed by atoms with E-state index >= 15 is 0 Å². The van der Waals surface area contributed by atoms with E-state index < -0.39 is 0 Å². The summed E-state index contributed by atoms with van der Waals surface area (Å²) in [6.07, 6.45) is 0.635. The Hall–Kier alpha value is -2.34. The first kappa shape index (κ1) is 15.6. The van der Waals surface area contributed by atoms with Gasteiger partial charge < -0.3 is 15.2 Å². The molecule has 0 bridgehead atoms. The summed E-state index contributed by atoms with van der Waals surface area (Å²) in [5, 5.41) is 19.5. The molecule has 1 aromatic carbocycles. The lowest BCUT2D eigenvalue weighted by Crippen LogP contribution is -2.35. The van der Waals surface area contributed by atoms with Crippen LogP contribution in [-0.2, 0) is 19.5 Å². The van der Waals surface area contributed by atoms with Crippen molar-refractivity contribution in [1.82, 2.24) is 14.9 Å². The van der Waals surface area contributed by atoms with Gasteiger partial charge in [-0.1, -0.05) is 13.8 Å². The van der Waals surface area contributed by atoms with Crippen LogP contribution in [-0.4, -0.2) is 31.6 Å². The first-order valence-electron chi connectivity index (χ1n) is 7.79. The molecule has 3 N–H and O–H groups in total. The van der Waals surface area contributed by atoms with E-state index in [1.165, 1.54) is 12.1 Å². The maximum atomic E-state index is 12.2. The number of nitrogens with zero attached hydrogens (tertiary/aromatic N) is 2. The third-order valence-corrected chi connectivity index (χ3v) is 4.17. The van der Waals surface area contributed by atoms with Gasteiger partial charge in [-0.15, -0.1) is 0 Å². The lowest BCUT2D eigenvalue weighted by molar-refractivity contribution is 0.236. The summed E-state index contributed by atoms with van der Waals surface area (Å²) in [5.41, 5.74) is 2.19. The second-order valence-corrected chi connectivity index (χ2v) is 6.30. The van der Waals surface area contributed by atoms with E-state index in [0.717, 1.165) is 11.3 Å². The molecule has 0 spiro atoms. The Balaban J connectivity index is 1.85. The summed E-state index contributed by atoms with van der Waals surface area (Å²) in [4.78, 5) is 21.7. The number of hydrogen-bond acceptors (Lipinski definition) is 5. The molecule has 122 valence electrons. The van der Waals surface area contributed by atoms with E-state index in [2.05, 4.69) is 14.9 Å². The molecule has 0 atom stereocenters. The molecule has 0 aliphatic carbocycles. The molecule has 2 aromatic rings. The highest BCUT2D eigenvalue weighted by Crippen LogP contribution is 2.25. The van der Waals surface area contributed by atoms with Gasteiger partial charge in [0, 0.05) is 36.7 Å². The van der Waals surface area contributed by atoms with Crippen molar-refractivity contribution < 1.29 is 10.2 Å². The number of benzene rings is 1. The Morgan fingerprint density at radius 3 is 2.87 bits per heavy atom. The quantitative estimate of drug-likeness (QED) is 0.752. The topological polar surface area (TPSA) is 89.5 Å². The van der Waals surface area contributed by atoms with Gasteiger partial charge in [-0.05, 0) is 24.6 Å². The van der Waals surface area contributed by atoms with E-state index in [9.17, 15) is 15.0 Å². The molecule has 1 aromatic heterocycles. The zero-order valence-electron chi connectivity index (χ0n) is 13.3. The van der Waals surface area contributed by atoms with Crippen molar-refractivity contribution in [3.63, 3.8) is 0 Å². The summed E-state index contributed by atoms with van der Waals surface area (Å²) >= 11 is 0. The van der Waals surface area contributed by atoms with Crippen LogP contribution in [0.3, 0.4) is 0 Å². The Kier molecular flexibility index (Phi) is 4.09. The second kappa shape index (κ2) is 6.04. The Morgan fingerprint density at radius 2 is 2.13 bits per heavy atom. The highest BCUT2D eigenvalue weighted by atomic mass is 16.3. The van der Waals surface area contributed by atoms with E-state index in [-0.39, 0.29) is 23.0 Å². The monoisotopic (exact) mass is 315 g/mol. The van der Waals surface area contributed by atoms with Crippen molar-refractivity contribution in [2.45, 2.75) is 39.3 Å². The number of aromatic amines is 1. The minimum absolute atomic E-state index is 0.0430. The van der Waals surface area contributed by atoms with Crippen molar-refractivity contribution in [2.24, 2.45) is 0 Å². The maximum Gasteiger partial charge on any atom is 0.254 e. The van der Waals surface area contributed by atoms with E-state index in [1.54, 1.807) is 6.07 Å². The molecule has 6 nitrogen and oxygen atoms in total. The van der Waals surface area contributed by atoms with Gasteiger partial charge in [0.2, 0.25) is 0 Å². The van der Waals surface area contributed by atoms with Gasteiger partial charge >= 0.3 is 0 Å². The first-order chi connectivity index (χ1) is 10.9. The highest BCUT2D eigenvalue weighted by Gasteiger charge is 2.22. The number of phenols is 2. The Bertz CT molecular complexity index is 783. The fraction of sp³-hybridized carbons (Fsp3) is 0.412. The SMILES string of the molecule is CC(C)c1nc2c(c(=O)[nH]1)CCN(Cc1cc(O)ccc1O)C2. The average Bonchev–Trinajstić information content (AvgIpc) is 2.50. The van der Waals surface area contributed by atoms with Gasteiger partial charge in [-0.2, -0.15) is 0 Å². The summed E-state index contributed by atoms with van der Waals surface area (Å²) < 4.78 is 0. The predicted molar refractivity (Wildman–Crippen MR) is 86.5 cm³/mol. The molecule has 23 heavy (non-hydrogen) atoms. The van der Waals surface area contributed by atoms with Gasteiger partial charge in [0.05, 0.1) is 5.69 Å². The van der Waals surface area contributed by atoms with Crippen molar-refractivity contribution in [2.75, 3.05) is 6.54 Å². The fourth-order valence-corrected chi connectivity index (χ4v) is 2.86. The number of fused-ring (bicyclic) bond motifs is 1. The average molecular weight is 315 g/mol. The maximum absolute atomic E-state index is 12.2. The number of phenolic OH excluding ortho intramolecular Hbond substituents is 2. The van der Waals surface area contributed by atoms with Crippen LogP contribution in [0.2, 0.25) is 0 Å². The van der Waals surface area contributed by atoms with Gasteiger partial charge in [0.15, 0.2) is 0 Å². The lowest BCUT2D eigenvalue weighted by atomic mass is 10.0. The molecule has 1 aliphatic rings. The van der Waals surface area contributed by atoms with E-state index in [0.29, 0.717) is 37.4 Å². The normalized spacial score (nSPS) is 14.9. The standard InChI is InChI=1S/C17H21N3O3/c1-10(2)16-18-14-9-20(6-5-13(14)17(23)19-16)8-11-7-12(21)3-4-15(11)22/h3-4,7,10,21-22H,5-6,8-9H2,1-2H3,(H,18,19,23). The van der Waals surface area contributed by atoms with Crippen molar-refractivity contribution in [3.05, 3.63) is 51.2 Å². The van der Waals surface area contributed by atoms with Crippen LogP contribution in [0.15, 0.2) is 23.0 Å². The lowest BCUT2D eigenvalue weighted by Gasteiger charge is -2.28. The minimum atomic E-state index is -0.0430. The number of hydrogen-bond donors (Lipinski definition) is 3. The Labute approximate surface area is 134 Å². The number of nitrogens with one attached hydrogen (secondary N) is 1. The van der Waals surface area contributed by atoms with Gasteiger partial charge in [0.25, 0.3) is 5.56 Å². The summed E-state index contributed by atoms with van der Waals surface area (Å²) in [6, 6.07) is 4.51. The Morgan fingerprint density at radius 1 is 1.35 bits per heavy atom. The van der Waals surface area contributed by atoms with Crippen molar-refractivity contribution in [3.8, 4) is 11.5 Å². The van der Waals surface area contributed by atoms with Crippen LogP contribution in [0.4, 0.5) is 0 Å². The molecule has 6 heteroatoms. The molecular weight excluding hydrogens is 294 g/mol. The van der Waals surface area contributed by atoms with Crippen LogP contribution < -0.4 is 5.56 Å². The molecule has 1 aliphatic heterocycles. The summed E-state index contributed by atoms with van der Waals surface area (Å²) in [6.45, 7) is 5.78. The molecule has 0 saturated carbocycles. The van der Waals surface area contributed by atoms with Crippen LogP contribution >= 0.6 is 0 Å². The molecule has 0 saturated heterocycles. The molecular formula is C17H21N3O3. The molecule has 0 amide bonds. The fourth-order valence-electron chi connectivity index (χ4n) is 2.86. The molecule has 0 fully saturated rings. The summed E-state index contributed by atoms with van der Waals surface area (Å²) in [5.74, 6) is 1.16. The van der Waals surface area contributed by atoms with Gasteiger partial charge in [-0.25, -0.2) is 4.98 Å². The molecule has 3 rings (SSSR count). The van der Waals surface area contributed by atoms with Crippen LogP contribution in [0, 0.1) is 0 Å². The van der Waals surface area contributed by atoms with Crippen molar-refractivity contribution in [1.29, 1.82) is 0 Å². The third kappa shape index (κ3) is 3.22. The number of aromatic hydroxyl groups is 2. The zero-order valence-corrected chi connectivity index (χ0v) is 13.3. The number of aromatic nitrogens is 2. The van der Waals surface area contributed by atoms with Crippen LogP contribution in [0.1, 0.15) is 42.4 Å². The second-order valence-electron chi connectivity index (χ2n) is 6.30. The van der Waals surface area contributed by atoms with Gasteiger partial charge in [0.1, 0.15) is 17.3 Å². The van der Waals surface area contributed by atoms with Gasteiger partial charge in [-0.3, -0.25) is 9.69 Å². The van der Waals surface area contributed by atoms with E-state index in [1.807, 2.05) is 13.8 Å².